The van der Waals surface area contributed by atoms with E-state index in [1.54, 1.807) is 0 Å². The van der Waals surface area contributed by atoms with Crippen LogP contribution in [0.4, 0.5) is 5.69 Å². The molecule has 0 spiro atoms. The summed E-state index contributed by atoms with van der Waals surface area (Å²) >= 11 is 12.4. The van der Waals surface area contributed by atoms with E-state index in [2.05, 4.69) is 40.2 Å². The average Bonchev–Trinajstić information content (AvgIpc) is 3.16. The molecule has 2 aromatic carbocycles. The number of benzene rings is 2. The summed E-state index contributed by atoms with van der Waals surface area (Å²) < 4.78 is 0. The van der Waals surface area contributed by atoms with Crippen molar-refractivity contribution in [2.45, 2.75) is 12.8 Å². The quantitative estimate of drug-likeness (QED) is 0.538. The molecule has 2 nitrogen and oxygen atoms in total. The maximum absolute atomic E-state index is 6.37. The number of nitrogens with zero attached hydrogens (tertiary/aromatic N) is 2. The molecule has 1 fully saturated rings. The Morgan fingerprint density at radius 3 is 2.40 bits per heavy atom. The van der Waals surface area contributed by atoms with Crippen molar-refractivity contribution in [3.8, 4) is 0 Å². The molecule has 1 saturated heterocycles. The SMILES string of the molecule is Clc1ccc2nc(/C=C/c3ccc(N4CCCC4)cc3)cc(Cl)c2c1. The molecule has 0 saturated carbocycles. The van der Waals surface area contributed by atoms with Crippen LogP contribution in [0.3, 0.4) is 0 Å². The van der Waals surface area contributed by atoms with Gasteiger partial charge in [0.15, 0.2) is 0 Å². The van der Waals surface area contributed by atoms with Crippen LogP contribution >= 0.6 is 23.2 Å². The Labute approximate surface area is 157 Å². The lowest BCUT2D eigenvalue weighted by Crippen LogP contribution is -2.17. The minimum atomic E-state index is 0.663. The van der Waals surface area contributed by atoms with Gasteiger partial charge < -0.3 is 4.90 Å². The molecule has 0 unspecified atom stereocenters. The summed E-state index contributed by atoms with van der Waals surface area (Å²) in [4.78, 5) is 7.07. The third-order valence-electron chi connectivity index (χ3n) is 4.55. The summed E-state index contributed by atoms with van der Waals surface area (Å²) in [6, 6.07) is 16.1. The van der Waals surface area contributed by atoms with Crippen molar-refractivity contribution in [3.63, 3.8) is 0 Å². The summed E-state index contributed by atoms with van der Waals surface area (Å²) in [7, 11) is 0. The molecule has 0 amide bonds. The van der Waals surface area contributed by atoms with Crippen LogP contribution < -0.4 is 4.90 Å². The Morgan fingerprint density at radius 2 is 1.64 bits per heavy atom. The lowest BCUT2D eigenvalue weighted by Gasteiger charge is -2.17. The van der Waals surface area contributed by atoms with E-state index in [1.807, 2.05) is 30.3 Å². The van der Waals surface area contributed by atoms with E-state index in [0.717, 1.165) is 22.2 Å². The van der Waals surface area contributed by atoms with Gasteiger partial charge in [0.05, 0.1) is 16.2 Å². The number of halogens is 2. The van der Waals surface area contributed by atoms with Crippen molar-refractivity contribution in [1.29, 1.82) is 0 Å². The first-order chi connectivity index (χ1) is 12.2. The molecule has 0 atom stereocenters. The smallest absolute Gasteiger partial charge is 0.0725 e. The zero-order chi connectivity index (χ0) is 17.2. The van der Waals surface area contributed by atoms with E-state index in [9.17, 15) is 0 Å². The fourth-order valence-electron chi connectivity index (χ4n) is 3.21. The standard InChI is InChI=1S/C21H18Cl2N2/c22-16-6-10-21-19(13-16)20(23)14-17(24-21)7-3-15-4-8-18(9-5-15)25-11-1-2-12-25/h3-10,13-14H,1-2,11-12H2/b7-3+. The van der Waals surface area contributed by atoms with Crippen LogP contribution in [-0.2, 0) is 0 Å². The Morgan fingerprint density at radius 1 is 0.880 bits per heavy atom. The maximum Gasteiger partial charge on any atom is 0.0725 e. The first kappa shape index (κ1) is 16.4. The van der Waals surface area contributed by atoms with E-state index in [1.165, 1.54) is 31.6 Å². The van der Waals surface area contributed by atoms with Crippen LogP contribution in [0.15, 0.2) is 48.5 Å². The van der Waals surface area contributed by atoms with Crippen molar-refractivity contribution >= 4 is 51.9 Å². The van der Waals surface area contributed by atoms with E-state index < -0.39 is 0 Å². The minimum absolute atomic E-state index is 0.663. The van der Waals surface area contributed by atoms with Gasteiger partial charge in [0.2, 0.25) is 0 Å². The topological polar surface area (TPSA) is 16.1 Å². The minimum Gasteiger partial charge on any atom is -0.372 e. The molecule has 1 aromatic heterocycles. The summed E-state index contributed by atoms with van der Waals surface area (Å²) in [5, 5.41) is 2.20. The molecule has 0 bridgehead atoms. The van der Waals surface area contributed by atoms with Crippen LogP contribution in [0, 0.1) is 0 Å². The van der Waals surface area contributed by atoms with Gasteiger partial charge in [0.25, 0.3) is 0 Å². The Balaban J connectivity index is 1.56. The molecule has 3 aromatic rings. The van der Waals surface area contributed by atoms with Gasteiger partial charge in [-0.25, -0.2) is 4.98 Å². The van der Waals surface area contributed by atoms with Gasteiger partial charge in [-0.1, -0.05) is 41.4 Å². The maximum atomic E-state index is 6.37. The molecule has 4 heteroatoms. The van der Waals surface area contributed by atoms with E-state index in [0.29, 0.717) is 10.0 Å². The van der Waals surface area contributed by atoms with Gasteiger partial charge in [-0.3, -0.25) is 0 Å². The predicted molar refractivity (Wildman–Crippen MR) is 109 cm³/mol. The first-order valence-electron chi connectivity index (χ1n) is 8.48. The number of hydrogen-bond acceptors (Lipinski definition) is 2. The van der Waals surface area contributed by atoms with Crippen LogP contribution in [0.5, 0.6) is 0 Å². The number of pyridine rings is 1. The summed E-state index contributed by atoms with van der Waals surface area (Å²) in [5.41, 5.74) is 4.14. The van der Waals surface area contributed by atoms with E-state index in [-0.39, 0.29) is 0 Å². The number of aromatic nitrogens is 1. The highest BCUT2D eigenvalue weighted by Crippen LogP contribution is 2.27. The van der Waals surface area contributed by atoms with Crippen molar-refractivity contribution in [2.24, 2.45) is 0 Å². The van der Waals surface area contributed by atoms with E-state index >= 15 is 0 Å². The van der Waals surface area contributed by atoms with Gasteiger partial charge in [-0.15, -0.1) is 0 Å². The molecule has 25 heavy (non-hydrogen) atoms. The zero-order valence-corrected chi connectivity index (χ0v) is 15.3. The molecule has 1 aliphatic rings. The molecule has 2 heterocycles. The van der Waals surface area contributed by atoms with Crippen LogP contribution in [-0.4, -0.2) is 18.1 Å². The second-order valence-corrected chi connectivity index (χ2v) is 7.15. The molecule has 4 rings (SSSR count). The summed E-state index contributed by atoms with van der Waals surface area (Å²) in [5.74, 6) is 0. The van der Waals surface area contributed by atoms with Crippen molar-refractivity contribution in [2.75, 3.05) is 18.0 Å². The molecule has 0 radical (unpaired) electrons. The fraction of sp³-hybridized carbons (Fsp3) is 0.190. The number of rotatable bonds is 3. The Bertz CT molecular complexity index is 927. The second-order valence-electron chi connectivity index (χ2n) is 6.31. The van der Waals surface area contributed by atoms with Gasteiger partial charge >= 0.3 is 0 Å². The Kier molecular flexibility index (Phi) is 4.65. The molecule has 1 aliphatic heterocycles. The van der Waals surface area contributed by atoms with E-state index in [4.69, 9.17) is 23.2 Å². The molecular formula is C21H18Cl2N2. The number of fused-ring (bicyclic) bond motifs is 1. The lowest BCUT2D eigenvalue weighted by atomic mass is 10.1. The van der Waals surface area contributed by atoms with Crippen molar-refractivity contribution in [3.05, 3.63) is 69.8 Å². The molecule has 0 N–H and O–H groups in total. The molecular weight excluding hydrogens is 351 g/mol. The highest BCUT2D eigenvalue weighted by molar-refractivity contribution is 6.36. The predicted octanol–water partition coefficient (Wildman–Crippen LogP) is 6.31. The highest BCUT2D eigenvalue weighted by atomic mass is 35.5. The summed E-state index contributed by atoms with van der Waals surface area (Å²) in [6.45, 7) is 2.33. The monoisotopic (exact) mass is 368 g/mol. The average molecular weight is 369 g/mol. The Hall–Kier alpha value is -2.03. The van der Waals surface area contributed by atoms with Crippen molar-refractivity contribution < 1.29 is 0 Å². The van der Waals surface area contributed by atoms with Gasteiger partial charge in [0.1, 0.15) is 0 Å². The van der Waals surface area contributed by atoms with Gasteiger partial charge in [-0.2, -0.15) is 0 Å². The van der Waals surface area contributed by atoms with Crippen LogP contribution in [0.1, 0.15) is 24.1 Å². The third-order valence-corrected chi connectivity index (χ3v) is 5.10. The number of anilines is 1. The normalized spacial score (nSPS) is 14.7. The number of hydrogen-bond donors (Lipinski definition) is 0. The third kappa shape index (κ3) is 3.65. The second kappa shape index (κ2) is 7.07. The van der Waals surface area contributed by atoms with Gasteiger partial charge in [-0.05, 0) is 60.9 Å². The molecule has 126 valence electrons. The highest BCUT2D eigenvalue weighted by Gasteiger charge is 2.11. The van der Waals surface area contributed by atoms with Gasteiger partial charge in [0, 0.05) is 29.2 Å². The largest absolute Gasteiger partial charge is 0.372 e. The van der Waals surface area contributed by atoms with Crippen LogP contribution in [0.2, 0.25) is 10.0 Å². The molecule has 0 aliphatic carbocycles. The lowest BCUT2D eigenvalue weighted by molar-refractivity contribution is 0.949. The summed E-state index contributed by atoms with van der Waals surface area (Å²) in [6.07, 6.45) is 6.64. The van der Waals surface area contributed by atoms with Crippen LogP contribution in [0.25, 0.3) is 23.1 Å². The first-order valence-corrected chi connectivity index (χ1v) is 9.23. The fourth-order valence-corrected chi connectivity index (χ4v) is 3.65. The zero-order valence-electron chi connectivity index (χ0n) is 13.8. The van der Waals surface area contributed by atoms with Crippen molar-refractivity contribution in [1.82, 2.24) is 4.98 Å².